The van der Waals surface area contributed by atoms with Crippen LogP contribution in [0.4, 0.5) is 0 Å². The van der Waals surface area contributed by atoms with Crippen LogP contribution in [0.25, 0.3) is 0 Å². The molecule has 0 radical (unpaired) electrons. The maximum Gasteiger partial charge on any atom is 0.243 e. The SMILES string of the molecule is C[C@@H](Sc1nncn1C)C(=O)N1CCN(S(=O)(=O)c2ccccc2)CC1. The summed E-state index contributed by atoms with van der Waals surface area (Å²) in [5.41, 5.74) is 0. The third kappa shape index (κ3) is 3.92. The second kappa shape index (κ2) is 7.77. The van der Waals surface area contributed by atoms with Crippen LogP contribution in [-0.4, -0.2) is 69.7 Å². The van der Waals surface area contributed by atoms with Gasteiger partial charge < -0.3 is 9.47 Å². The predicted octanol–water partition coefficient (Wildman–Crippen LogP) is 0.829. The zero-order valence-electron chi connectivity index (χ0n) is 14.6. The molecule has 1 aromatic heterocycles. The number of hydrogen-bond donors (Lipinski definition) is 0. The Morgan fingerprint density at radius 3 is 2.38 bits per heavy atom. The average molecular weight is 396 g/mol. The van der Waals surface area contributed by atoms with E-state index in [1.165, 1.54) is 16.1 Å². The van der Waals surface area contributed by atoms with E-state index in [2.05, 4.69) is 10.2 Å². The third-order valence-electron chi connectivity index (χ3n) is 4.23. The minimum absolute atomic E-state index is 0.0187. The van der Waals surface area contributed by atoms with Gasteiger partial charge in [-0.15, -0.1) is 10.2 Å². The minimum atomic E-state index is -3.51. The van der Waals surface area contributed by atoms with Gasteiger partial charge in [0, 0.05) is 33.2 Å². The van der Waals surface area contributed by atoms with Crippen molar-refractivity contribution >= 4 is 27.7 Å². The Balaban J connectivity index is 1.59. The first-order chi connectivity index (χ1) is 12.4. The fourth-order valence-electron chi connectivity index (χ4n) is 2.74. The molecule has 1 aliphatic heterocycles. The first-order valence-corrected chi connectivity index (χ1v) is 10.6. The van der Waals surface area contributed by atoms with E-state index in [1.54, 1.807) is 46.1 Å². The lowest BCUT2D eigenvalue weighted by molar-refractivity contribution is -0.131. The summed E-state index contributed by atoms with van der Waals surface area (Å²) >= 11 is 1.35. The standard InChI is InChI=1S/C16H21N5O3S2/c1-13(25-16-18-17-12-19(16)2)15(22)20-8-10-21(11-9-20)26(23,24)14-6-4-3-5-7-14/h3-7,12-13H,8-11H2,1-2H3/t13-/m1/s1. The lowest BCUT2D eigenvalue weighted by atomic mass is 10.3. The monoisotopic (exact) mass is 395 g/mol. The molecule has 2 aromatic rings. The Hall–Kier alpha value is -1.91. The van der Waals surface area contributed by atoms with E-state index in [-0.39, 0.29) is 16.1 Å². The highest BCUT2D eigenvalue weighted by Gasteiger charge is 2.31. The number of piperazine rings is 1. The highest BCUT2D eigenvalue weighted by Crippen LogP contribution is 2.23. The summed E-state index contributed by atoms with van der Waals surface area (Å²) in [5.74, 6) is -0.0187. The number of hydrogen-bond acceptors (Lipinski definition) is 6. The molecule has 1 fully saturated rings. The Morgan fingerprint density at radius 1 is 1.15 bits per heavy atom. The summed E-state index contributed by atoms with van der Waals surface area (Å²) < 4.78 is 28.5. The Kier molecular flexibility index (Phi) is 5.64. The van der Waals surface area contributed by atoms with Gasteiger partial charge in [0.15, 0.2) is 5.16 Å². The van der Waals surface area contributed by atoms with E-state index in [9.17, 15) is 13.2 Å². The molecule has 26 heavy (non-hydrogen) atoms. The molecule has 0 aliphatic carbocycles. The molecule has 0 N–H and O–H groups in total. The maximum absolute atomic E-state index is 12.6. The van der Waals surface area contributed by atoms with Gasteiger partial charge in [0.25, 0.3) is 0 Å². The molecule has 1 amide bonds. The molecule has 3 rings (SSSR count). The number of benzene rings is 1. The van der Waals surface area contributed by atoms with Gasteiger partial charge in [0.1, 0.15) is 6.33 Å². The second-order valence-electron chi connectivity index (χ2n) is 6.03. The number of carbonyl (C=O) groups excluding carboxylic acids is 1. The molecule has 2 heterocycles. The van der Waals surface area contributed by atoms with Crippen LogP contribution in [0.2, 0.25) is 0 Å². The van der Waals surface area contributed by atoms with Gasteiger partial charge in [-0.1, -0.05) is 30.0 Å². The Labute approximate surface area is 157 Å². The van der Waals surface area contributed by atoms with Gasteiger partial charge in [0.2, 0.25) is 15.9 Å². The zero-order valence-corrected chi connectivity index (χ0v) is 16.3. The molecular weight excluding hydrogens is 374 g/mol. The smallest absolute Gasteiger partial charge is 0.243 e. The van der Waals surface area contributed by atoms with E-state index in [4.69, 9.17) is 0 Å². The summed E-state index contributed by atoms with van der Waals surface area (Å²) in [7, 11) is -1.68. The molecule has 140 valence electrons. The van der Waals surface area contributed by atoms with Crippen molar-refractivity contribution in [3.8, 4) is 0 Å². The molecule has 1 saturated heterocycles. The highest BCUT2D eigenvalue weighted by atomic mass is 32.2. The number of aryl methyl sites for hydroxylation is 1. The summed E-state index contributed by atoms with van der Waals surface area (Å²) in [4.78, 5) is 14.6. The fraction of sp³-hybridized carbons (Fsp3) is 0.438. The maximum atomic E-state index is 12.6. The molecule has 1 aliphatic rings. The van der Waals surface area contributed by atoms with Crippen molar-refractivity contribution in [2.75, 3.05) is 26.2 Å². The molecule has 8 nitrogen and oxygen atoms in total. The van der Waals surface area contributed by atoms with Crippen molar-refractivity contribution in [3.63, 3.8) is 0 Å². The first kappa shape index (κ1) is 18.9. The summed E-state index contributed by atoms with van der Waals surface area (Å²) in [5, 5.41) is 8.15. The lowest BCUT2D eigenvalue weighted by Gasteiger charge is -2.35. The molecular formula is C16H21N5O3S2. The molecule has 1 atom stereocenters. The van der Waals surface area contributed by atoms with Crippen molar-refractivity contribution in [1.29, 1.82) is 0 Å². The first-order valence-electron chi connectivity index (χ1n) is 8.24. The number of thioether (sulfide) groups is 1. The van der Waals surface area contributed by atoms with Crippen LogP contribution in [0.15, 0.2) is 46.7 Å². The Bertz CT molecular complexity index is 861. The highest BCUT2D eigenvalue weighted by molar-refractivity contribution is 8.00. The number of carbonyl (C=O) groups is 1. The Morgan fingerprint density at radius 2 is 1.81 bits per heavy atom. The van der Waals surface area contributed by atoms with E-state index >= 15 is 0 Å². The van der Waals surface area contributed by atoms with Crippen LogP contribution in [0.1, 0.15) is 6.92 Å². The number of aromatic nitrogens is 3. The molecule has 0 unspecified atom stereocenters. The van der Waals surface area contributed by atoms with Gasteiger partial charge in [-0.25, -0.2) is 8.42 Å². The topological polar surface area (TPSA) is 88.4 Å². The van der Waals surface area contributed by atoms with Gasteiger partial charge in [-0.2, -0.15) is 4.31 Å². The summed E-state index contributed by atoms with van der Waals surface area (Å²) in [6.07, 6.45) is 1.59. The van der Waals surface area contributed by atoms with Crippen molar-refractivity contribution in [3.05, 3.63) is 36.7 Å². The minimum Gasteiger partial charge on any atom is -0.339 e. The van der Waals surface area contributed by atoms with E-state index in [1.807, 2.05) is 14.0 Å². The van der Waals surface area contributed by atoms with Crippen LogP contribution >= 0.6 is 11.8 Å². The third-order valence-corrected chi connectivity index (χ3v) is 7.28. The number of sulfonamides is 1. The predicted molar refractivity (Wildman–Crippen MR) is 98.1 cm³/mol. The van der Waals surface area contributed by atoms with Crippen LogP contribution in [0.5, 0.6) is 0 Å². The zero-order chi connectivity index (χ0) is 18.7. The van der Waals surface area contributed by atoms with Gasteiger partial charge in [-0.3, -0.25) is 4.79 Å². The second-order valence-corrected chi connectivity index (χ2v) is 9.27. The van der Waals surface area contributed by atoms with E-state index in [0.29, 0.717) is 31.3 Å². The van der Waals surface area contributed by atoms with Crippen LogP contribution in [0, 0.1) is 0 Å². The molecule has 0 saturated carbocycles. The molecule has 0 bridgehead atoms. The van der Waals surface area contributed by atoms with E-state index < -0.39 is 10.0 Å². The molecule has 0 spiro atoms. The van der Waals surface area contributed by atoms with Crippen LogP contribution < -0.4 is 0 Å². The molecule has 10 heteroatoms. The lowest BCUT2D eigenvalue weighted by Crippen LogP contribution is -2.52. The van der Waals surface area contributed by atoms with Crippen LogP contribution in [-0.2, 0) is 21.9 Å². The van der Waals surface area contributed by atoms with E-state index in [0.717, 1.165) is 0 Å². The van der Waals surface area contributed by atoms with Crippen molar-refractivity contribution in [2.45, 2.75) is 22.2 Å². The normalized spacial score (nSPS) is 17.2. The fourth-order valence-corrected chi connectivity index (χ4v) is 5.05. The number of nitrogens with zero attached hydrogens (tertiary/aromatic N) is 5. The van der Waals surface area contributed by atoms with Gasteiger partial charge in [-0.05, 0) is 19.1 Å². The van der Waals surface area contributed by atoms with Crippen molar-refractivity contribution < 1.29 is 13.2 Å². The van der Waals surface area contributed by atoms with Gasteiger partial charge in [0.05, 0.1) is 10.1 Å². The van der Waals surface area contributed by atoms with Crippen LogP contribution in [0.3, 0.4) is 0 Å². The number of rotatable bonds is 5. The summed E-state index contributed by atoms with van der Waals surface area (Å²) in [6.45, 7) is 3.19. The van der Waals surface area contributed by atoms with Crippen molar-refractivity contribution in [2.24, 2.45) is 7.05 Å². The average Bonchev–Trinajstić information content (AvgIpc) is 3.06. The quantitative estimate of drug-likeness (QED) is 0.697. The number of amides is 1. The van der Waals surface area contributed by atoms with Gasteiger partial charge >= 0.3 is 0 Å². The molecule has 1 aromatic carbocycles. The summed E-state index contributed by atoms with van der Waals surface area (Å²) in [6, 6.07) is 8.38. The largest absolute Gasteiger partial charge is 0.339 e. The van der Waals surface area contributed by atoms with Crippen molar-refractivity contribution in [1.82, 2.24) is 24.0 Å².